The molecule has 0 saturated carbocycles. The van der Waals surface area contributed by atoms with Crippen molar-refractivity contribution in [1.29, 1.82) is 0 Å². The van der Waals surface area contributed by atoms with Gasteiger partial charge in [0, 0.05) is 11.6 Å². The molecule has 62 valence electrons. The normalized spacial score (nSPS) is 9.42. The molecule has 0 unspecified atom stereocenters. The maximum Gasteiger partial charge on any atom is 0.0704 e. The number of aromatic nitrogens is 1. The Bertz CT molecular complexity index is 377. The second kappa shape index (κ2) is 3.32. The summed E-state index contributed by atoms with van der Waals surface area (Å²) in [6.45, 7) is 2.10. The Kier molecular flexibility index (Phi) is 2.41. The Labute approximate surface area is 71.8 Å². The van der Waals surface area contributed by atoms with Crippen molar-refractivity contribution in [3.05, 3.63) is 42.1 Å². The van der Waals surface area contributed by atoms with Crippen LogP contribution in [-0.2, 0) is 0 Å². The SMILES string of the molecule is Cc1ccnc2ccccc12.N. The Hall–Kier alpha value is -1.41. The summed E-state index contributed by atoms with van der Waals surface area (Å²) in [4.78, 5) is 4.24. The van der Waals surface area contributed by atoms with Crippen molar-refractivity contribution in [1.82, 2.24) is 11.1 Å². The molecule has 1 aromatic carbocycles. The summed E-state index contributed by atoms with van der Waals surface area (Å²) in [7, 11) is 0. The van der Waals surface area contributed by atoms with Crippen molar-refractivity contribution in [3.63, 3.8) is 0 Å². The van der Waals surface area contributed by atoms with Crippen LogP contribution >= 0.6 is 0 Å². The number of nitrogens with zero attached hydrogens (tertiary/aromatic N) is 1. The van der Waals surface area contributed by atoms with Crippen LogP contribution in [-0.4, -0.2) is 4.98 Å². The number of para-hydroxylation sites is 1. The van der Waals surface area contributed by atoms with Gasteiger partial charge in [-0.05, 0) is 24.6 Å². The van der Waals surface area contributed by atoms with Crippen LogP contribution in [0.4, 0.5) is 0 Å². The molecule has 0 amide bonds. The van der Waals surface area contributed by atoms with Crippen molar-refractivity contribution in [2.75, 3.05) is 0 Å². The molecule has 0 aliphatic rings. The number of pyridine rings is 1. The third-order valence-electron chi connectivity index (χ3n) is 1.87. The predicted molar refractivity (Wildman–Crippen MR) is 51.5 cm³/mol. The summed E-state index contributed by atoms with van der Waals surface area (Å²) >= 11 is 0. The molecule has 1 heterocycles. The Balaban J connectivity index is 0.000000720. The van der Waals surface area contributed by atoms with E-state index in [0.29, 0.717) is 0 Å². The van der Waals surface area contributed by atoms with Crippen molar-refractivity contribution in [2.45, 2.75) is 6.92 Å². The van der Waals surface area contributed by atoms with E-state index in [2.05, 4.69) is 18.0 Å². The molecule has 0 bridgehead atoms. The van der Waals surface area contributed by atoms with Crippen LogP contribution in [0, 0.1) is 6.92 Å². The first-order chi connectivity index (χ1) is 5.38. The Morgan fingerprint density at radius 2 is 1.83 bits per heavy atom. The molecule has 2 rings (SSSR count). The summed E-state index contributed by atoms with van der Waals surface area (Å²) in [6, 6.07) is 10.2. The van der Waals surface area contributed by atoms with Gasteiger partial charge in [0.2, 0.25) is 0 Å². The fraction of sp³-hybridized carbons (Fsp3) is 0.100. The lowest BCUT2D eigenvalue weighted by atomic mass is 10.1. The van der Waals surface area contributed by atoms with Gasteiger partial charge in [-0.2, -0.15) is 0 Å². The molecule has 1 aromatic heterocycles. The second-order valence-corrected chi connectivity index (χ2v) is 2.64. The van der Waals surface area contributed by atoms with Crippen molar-refractivity contribution < 1.29 is 0 Å². The van der Waals surface area contributed by atoms with Gasteiger partial charge in [0.25, 0.3) is 0 Å². The molecule has 0 saturated heterocycles. The van der Waals surface area contributed by atoms with Gasteiger partial charge in [-0.3, -0.25) is 4.98 Å². The highest BCUT2D eigenvalue weighted by molar-refractivity contribution is 5.81. The average molecular weight is 160 g/mol. The number of benzene rings is 1. The minimum atomic E-state index is 0. The van der Waals surface area contributed by atoms with Crippen molar-refractivity contribution in [3.8, 4) is 0 Å². The number of aryl methyl sites for hydroxylation is 1. The van der Waals surface area contributed by atoms with E-state index in [-0.39, 0.29) is 6.15 Å². The number of hydrogen-bond donors (Lipinski definition) is 1. The van der Waals surface area contributed by atoms with Crippen molar-refractivity contribution in [2.24, 2.45) is 0 Å². The monoisotopic (exact) mass is 160 g/mol. The van der Waals surface area contributed by atoms with E-state index in [9.17, 15) is 0 Å². The highest BCUT2D eigenvalue weighted by Gasteiger charge is 1.93. The van der Waals surface area contributed by atoms with Gasteiger partial charge in [0.15, 0.2) is 0 Å². The first-order valence-corrected chi connectivity index (χ1v) is 3.68. The van der Waals surface area contributed by atoms with Crippen molar-refractivity contribution >= 4 is 10.9 Å². The summed E-state index contributed by atoms with van der Waals surface area (Å²) in [5.41, 5.74) is 2.36. The second-order valence-electron chi connectivity index (χ2n) is 2.64. The summed E-state index contributed by atoms with van der Waals surface area (Å²) in [6.07, 6.45) is 1.84. The van der Waals surface area contributed by atoms with E-state index in [1.807, 2.05) is 30.5 Å². The third kappa shape index (κ3) is 1.29. The first-order valence-electron chi connectivity index (χ1n) is 3.68. The van der Waals surface area contributed by atoms with Crippen LogP contribution in [0.1, 0.15) is 5.56 Å². The van der Waals surface area contributed by atoms with E-state index in [1.54, 1.807) is 0 Å². The number of rotatable bonds is 0. The third-order valence-corrected chi connectivity index (χ3v) is 1.87. The molecule has 3 N–H and O–H groups in total. The average Bonchev–Trinajstić information content (AvgIpc) is 2.06. The highest BCUT2D eigenvalue weighted by Crippen LogP contribution is 2.13. The van der Waals surface area contributed by atoms with Gasteiger partial charge in [-0.1, -0.05) is 18.2 Å². The van der Waals surface area contributed by atoms with E-state index in [0.717, 1.165) is 5.52 Å². The Morgan fingerprint density at radius 3 is 2.58 bits per heavy atom. The lowest BCUT2D eigenvalue weighted by Gasteiger charge is -1.97. The maximum atomic E-state index is 4.24. The molecule has 0 spiro atoms. The molecular weight excluding hydrogens is 148 g/mol. The molecule has 0 fully saturated rings. The fourth-order valence-corrected chi connectivity index (χ4v) is 1.24. The van der Waals surface area contributed by atoms with Crippen LogP contribution < -0.4 is 6.15 Å². The molecule has 12 heavy (non-hydrogen) atoms. The van der Waals surface area contributed by atoms with Crippen LogP contribution in [0.2, 0.25) is 0 Å². The molecule has 0 atom stereocenters. The molecule has 2 nitrogen and oxygen atoms in total. The number of hydrogen-bond acceptors (Lipinski definition) is 2. The zero-order valence-corrected chi connectivity index (χ0v) is 7.12. The van der Waals surface area contributed by atoms with E-state index < -0.39 is 0 Å². The number of fused-ring (bicyclic) bond motifs is 1. The van der Waals surface area contributed by atoms with Gasteiger partial charge in [0.05, 0.1) is 5.52 Å². The van der Waals surface area contributed by atoms with E-state index in [4.69, 9.17) is 0 Å². The smallest absolute Gasteiger partial charge is 0.0704 e. The van der Waals surface area contributed by atoms with Gasteiger partial charge >= 0.3 is 0 Å². The quantitative estimate of drug-likeness (QED) is 0.644. The highest BCUT2D eigenvalue weighted by atomic mass is 14.6. The van der Waals surface area contributed by atoms with Crippen LogP contribution in [0.25, 0.3) is 10.9 Å². The molecule has 0 aliphatic carbocycles. The van der Waals surface area contributed by atoms with Gasteiger partial charge in [-0.25, -0.2) is 0 Å². The zero-order valence-electron chi connectivity index (χ0n) is 7.12. The molecule has 2 aromatic rings. The minimum absolute atomic E-state index is 0. The summed E-state index contributed by atoms with van der Waals surface area (Å²) < 4.78 is 0. The lowest BCUT2D eigenvalue weighted by Crippen LogP contribution is -1.79. The minimum Gasteiger partial charge on any atom is -0.344 e. The van der Waals surface area contributed by atoms with Crippen LogP contribution in [0.5, 0.6) is 0 Å². The van der Waals surface area contributed by atoms with Gasteiger partial charge in [0.1, 0.15) is 0 Å². The largest absolute Gasteiger partial charge is 0.344 e. The standard InChI is InChI=1S/C10H9N.H3N/c1-8-6-7-11-10-5-3-2-4-9(8)10;/h2-7H,1H3;1H3. The van der Waals surface area contributed by atoms with Gasteiger partial charge in [-0.15, -0.1) is 0 Å². The fourth-order valence-electron chi connectivity index (χ4n) is 1.24. The van der Waals surface area contributed by atoms with E-state index >= 15 is 0 Å². The summed E-state index contributed by atoms with van der Waals surface area (Å²) in [5, 5.41) is 1.25. The predicted octanol–water partition coefficient (Wildman–Crippen LogP) is 2.71. The van der Waals surface area contributed by atoms with Crippen LogP contribution in [0.15, 0.2) is 36.5 Å². The molecule has 2 heteroatoms. The zero-order chi connectivity index (χ0) is 7.68. The lowest BCUT2D eigenvalue weighted by molar-refractivity contribution is 1.37. The maximum absolute atomic E-state index is 4.24. The molecular formula is C10H12N2. The van der Waals surface area contributed by atoms with E-state index in [1.165, 1.54) is 10.9 Å². The molecule has 0 radical (unpaired) electrons. The Morgan fingerprint density at radius 1 is 1.08 bits per heavy atom. The topological polar surface area (TPSA) is 47.9 Å². The van der Waals surface area contributed by atoms with Gasteiger partial charge < -0.3 is 6.15 Å². The van der Waals surface area contributed by atoms with Crippen LogP contribution in [0.3, 0.4) is 0 Å². The summed E-state index contributed by atoms with van der Waals surface area (Å²) in [5.74, 6) is 0. The molecule has 0 aliphatic heterocycles. The first kappa shape index (κ1) is 8.68.